The maximum absolute atomic E-state index is 12.1. The van der Waals surface area contributed by atoms with Crippen LogP contribution in [-0.4, -0.2) is 34.4 Å². The van der Waals surface area contributed by atoms with E-state index in [1.807, 2.05) is 23.1 Å². The van der Waals surface area contributed by atoms with Crippen LogP contribution in [0, 0.1) is 0 Å². The van der Waals surface area contributed by atoms with E-state index in [4.69, 9.17) is 0 Å². The molecule has 0 atom stereocenters. The summed E-state index contributed by atoms with van der Waals surface area (Å²) in [6.45, 7) is 6.33. The lowest BCUT2D eigenvalue weighted by molar-refractivity contribution is -0.132. The van der Waals surface area contributed by atoms with Crippen molar-refractivity contribution in [3.8, 4) is 0 Å². The Bertz CT molecular complexity index is 389. The molecule has 2 heterocycles. The number of aromatic nitrogens is 1. The van der Waals surface area contributed by atoms with Gasteiger partial charge in [0.1, 0.15) is 0 Å². The lowest BCUT2D eigenvalue weighted by Crippen LogP contribution is -2.39. The Kier molecular flexibility index (Phi) is 3.43. The van der Waals surface area contributed by atoms with Gasteiger partial charge in [0.2, 0.25) is 5.91 Å². The molecular weight excluding hydrogens is 214 g/mol. The first-order valence-corrected chi connectivity index (χ1v) is 5.99. The second-order valence-electron chi connectivity index (χ2n) is 5.12. The standard InChI is InChI=1S/C13H19N3O/c1-13(2)9-12(17)16(8-7-15-13)10-11-5-3-4-6-14-11/h3-6,15H,7-10H2,1-2H3. The number of hydrogen-bond acceptors (Lipinski definition) is 3. The van der Waals surface area contributed by atoms with Crippen molar-refractivity contribution in [3.05, 3.63) is 30.1 Å². The molecule has 1 amide bonds. The van der Waals surface area contributed by atoms with Gasteiger partial charge in [-0.25, -0.2) is 0 Å². The van der Waals surface area contributed by atoms with Gasteiger partial charge in [-0.3, -0.25) is 9.78 Å². The summed E-state index contributed by atoms with van der Waals surface area (Å²) in [5.74, 6) is 0.200. The third-order valence-electron chi connectivity index (χ3n) is 3.01. The molecule has 4 heteroatoms. The lowest BCUT2D eigenvalue weighted by atomic mass is 10.0. The van der Waals surface area contributed by atoms with Gasteiger partial charge < -0.3 is 10.2 Å². The van der Waals surface area contributed by atoms with Crippen molar-refractivity contribution in [1.82, 2.24) is 15.2 Å². The zero-order chi connectivity index (χ0) is 12.3. The average molecular weight is 233 g/mol. The topological polar surface area (TPSA) is 45.2 Å². The number of rotatable bonds is 2. The third-order valence-corrected chi connectivity index (χ3v) is 3.01. The molecule has 2 rings (SSSR count). The van der Waals surface area contributed by atoms with Crippen LogP contribution in [0.4, 0.5) is 0 Å². The zero-order valence-electron chi connectivity index (χ0n) is 10.4. The van der Waals surface area contributed by atoms with E-state index in [1.165, 1.54) is 0 Å². The van der Waals surface area contributed by atoms with Crippen LogP contribution >= 0.6 is 0 Å². The van der Waals surface area contributed by atoms with Crippen molar-refractivity contribution in [2.24, 2.45) is 0 Å². The molecule has 1 fully saturated rings. The molecule has 17 heavy (non-hydrogen) atoms. The molecule has 0 aliphatic carbocycles. The van der Waals surface area contributed by atoms with E-state index >= 15 is 0 Å². The van der Waals surface area contributed by atoms with Crippen LogP contribution in [-0.2, 0) is 11.3 Å². The molecule has 1 aliphatic rings. The SMILES string of the molecule is CC1(C)CC(=O)N(Cc2ccccn2)CCN1. The smallest absolute Gasteiger partial charge is 0.224 e. The summed E-state index contributed by atoms with van der Waals surface area (Å²) in [7, 11) is 0. The Labute approximate surface area is 102 Å². The molecule has 0 saturated carbocycles. The molecule has 0 bridgehead atoms. The van der Waals surface area contributed by atoms with Gasteiger partial charge in [-0.15, -0.1) is 0 Å². The molecule has 1 saturated heterocycles. The van der Waals surface area contributed by atoms with Crippen LogP contribution in [0.15, 0.2) is 24.4 Å². The van der Waals surface area contributed by atoms with Crippen molar-refractivity contribution >= 4 is 5.91 Å². The summed E-state index contributed by atoms with van der Waals surface area (Å²) in [6.07, 6.45) is 2.31. The van der Waals surface area contributed by atoms with Crippen LogP contribution in [0.2, 0.25) is 0 Å². The van der Waals surface area contributed by atoms with Crippen LogP contribution in [0.25, 0.3) is 0 Å². The molecule has 92 valence electrons. The highest BCUT2D eigenvalue weighted by atomic mass is 16.2. The van der Waals surface area contributed by atoms with Gasteiger partial charge in [-0.2, -0.15) is 0 Å². The Morgan fingerprint density at radius 3 is 3.00 bits per heavy atom. The van der Waals surface area contributed by atoms with E-state index in [0.717, 1.165) is 18.8 Å². The summed E-state index contributed by atoms with van der Waals surface area (Å²) < 4.78 is 0. The monoisotopic (exact) mass is 233 g/mol. The lowest BCUT2D eigenvalue weighted by Gasteiger charge is -2.23. The summed E-state index contributed by atoms with van der Waals surface area (Å²) in [4.78, 5) is 18.2. The van der Waals surface area contributed by atoms with Crippen molar-refractivity contribution in [3.63, 3.8) is 0 Å². The molecule has 1 aromatic heterocycles. The van der Waals surface area contributed by atoms with E-state index in [0.29, 0.717) is 13.0 Å². The van der Waals surface area contributed by atoms with Gasteiger partial charge in [-0.05, 0) is 26.0 Å². The molecule has 4 nitrogen and oxygen atoms in total. The Morgan fingerprint density at radius 1 is 1.47 bits per heavy atom. The van der Waals surface area contributed by atoms with Crippen LogP contribution < -0.4 is 5.32 Å². The van der Waals surface area contributed by atoms with E-state index in [9.17, 15) is 4.79 Å². The number of nitrogens with zero attached hydrogens (tertiary/aromatic N) is 2. The molecular formula is C13H19N3O. The predicted octanol–water partition coefficient (Wildman–Crippen LogP) is 1.18. The quantitative estimate of drug-likeness (QED) is 0.834. The average Bonchev–Trinajstić information content (AvgIpc) is 2.39. The van der Waals surface area contributed by atoms with Gasteiger partial charge in [0.05, 0.1) is 12.2 Å². The summed E-state index contributed by atoms with van der Waals surface area (Å²) in [6, 6.07) is 5.79. The summed E-state index contributed by atoms with van der Waals surface area (Å²) in [5.41, 5.74) is 0.844. The fourth-order valence-corrected chi connectivity index (χ4v) is 2.06. The molecule has 1 aromatic rings. The fraction of sp³-hybridized carbons (Fsp3) is 0.538. The van der Waals surface area contributed by atoms with Crippen molar-refractivity contribution in [2.75, 3.05) is 13.1 Å². The molecule has 1 N–H and O–H groups in total. The molecule has 0 aromatic carbocycles. The third kappa shape index (κ3) is 3.27. The highest BCUT2D eigenvalue weighted by Crippen LogP contribution is 2.15. The fourth-order valence-electron chi connectivity index (χ4n) is 2.06. The molecule has 0 unspecified atom stereocenters. The summed E-state index contributed by atoms with van der Waals surface area (Å²) >= 11 is 0. The number of carbonyl (C=O) groups is 1. The Hall–Kier alpha value is -1.42. The number of nitrogens with one attached hydrogen (secondary N) is 1. The van der Waals surface area contributed by atoms with Gasteiger partial charge in [0.15, 0.2) is 0 Å². The number of hydrogen-bond donors (Lipinski definition) is 1. The van der Waals surface area contributed by atoms with Crippen LogP contribution in [0.5, 0.6) is 0 Å². The number of amides is 1. The first kappa shape index (κ1) is 12.0. The molecule has 1 aliphatic heterocycles. The summed E-state index contributed by atoms with van der Waals surface area (Å²) in [5, 5.41) is 3.38. The second-order valence-corrected chi connectivity index (χ2v) is 5.12. The molecule has 0 spiro atoms. The zero-order valence-corrected chi connectivity index (χ0v) is 10.4. The van der Waals surface area contributed by atoms with Crippen molar-refractivity contribution < 1.29 is 4.79 Å². The van der Waals surface area contributed by atoms with Crippen molar-refractivity contribution in [1.29, 1.82) is 0 Å². The van der Waals surface area contributed by atoms with Gasteiger partial charge in [0, 0.05) is 31.2 Å². The minimum atomic E-state index is -0.101. The minimum absolute atomic E-state index is 0.101. The minimum Gasteiger partial charge on any atom is -0.335 e. The predicted molar refractivity (Wildman–Crippen MR) is 66.4 cm³/mol. The van der Waals surface area contributed by atoms with Gasteiger partial charge in [-0.1, -0.05) is 6.07 Å². The maximum atomic E-state index is 12.1. The van der Waals surface area contributed by atoms with E-state index in [1.54, 1.807) is 6.20 Å². The van der Waals surface area contributed by atoms with E-state index in [2.05, 4.69) is 24.1 Å². The normalized spacial score (nSPS) is 20.1. The first-order valence-electron chi connectivity index (χ1n) is 5.99. The number of pyridine rings is 1. The van der Waals surface area contributed by atoms with E-state index in [-0.39, 0.29) is 11.4 Å². The molecule has 0 radical (unpaired) electrons. The number of carbonyl (C=O) groups excluding carboxylic acids is 1. The largest absolute Gasteiger partial charge is 0.335 e. The Morgan fingerprint density at radius 2 is 2.29 bits per heavy atom. The van der Waals surface area contributed by atoms with Crippen LogP contribution in [0.3, 0.4) is 0 Å². The van der Waals surface area contributed by atoms with E-state index < -0.39 is 0 Å². The van der Waals surface area contributed by atoms with Crippen molar-refractivity contribution in [2.45, 2.75) is 32.4 Å². The first-order chi connectivity index (χ1) is 8.07. The second kappa shape index (κ2) is 4.84. The van der Waals surface area contributed by atoms with Gasteiger partial charge in [0.25, 0.3) is 0 Å². The van der Waals surface area contributed by atoms with Crippen LogP contribution in [0.1, 0.15) is 26.0 Å². The maximum Gasteiger partial charge on any atom is 0.224 e. The van der Waals surface area contributed by atoms with Gasteiger partial charge >= 0.3 is 0 Å². The highest BCUT2D eigenvalue weighted by molar-refractivity contribution is 5.77. The Balaban J connectivity index is 2.04. The highest BCUT2D eigenvalue weighted by Gasteiger charge is 2.28.